The first-order chi connectivity index (χ1) is 8.47. The summed E-state index contributed by atoms with van der Waals surface area (Å²) in [4.78, 5) is 2.58. The first-order valence-electron chi connectivity index (χ1n) is 6.75. The zero-order valence-corrected chi connectivity index (χ0v) is 13.1. The van der Waals surface area contributed by atoms with Crippen molar-refractivity contribution in [2.45, 2.75) is 39.8 Å². The second kappa shape index (κ2) is 5.62. The zero-order valence-electron chi connectivity index (χ0n) is 11.5. The third-order valence-electron chi connectivity index (χ3n) is 4.16. The molecule has 1 aliphatic heterocycles. The second-order valence-electron chi connectivity index (χ2n) is 5.84. The molecule has 0 aromatic heterocycles. The largest absolute Gasteiger partial charge is 0.399 e. The van der Waals surface area contributed by atoms with E-state index >= 15 is 0 Å². The number of halogens is 1. The third kappa shape index (κ3) is 3.07. The van der Waals surface area contributed by atoms with Gasteiger partial charge >= 0.3 is 0 Å². The Morgan fingerprint density at radius 3 is 2.78 bits per heavy atom. The Balaban J connectivity index is 2.14. The molecule has 2 N–H and O–H groups in total. The first-order valence-corrected chi connectivity index (χ1v) is 7.54. The van der Waals surface area contributed by atoms with Crippen molar-refractivity contribution in [1.82, 2.24) is 4.90 Å². The Kier molecular flexibility index (Phi) is 4.33. The lowest BCUT2D eigenvalue weighted by atomic mass is 9.86. The second-order valence-corrected chi connectivity index (χ2v) is 6.69. The van der Waals surface area contributed by atoms with Gasteiger partial charge in [0.05, 0.1) is 0 Å². The van der Waals surface area contributed by atoms with E-state index in [4.69, 9.17) is 5.73 Å². The maximum atomic E-state index is 5.88. The fourth-order valence-corrected chi connectivity index (χ4v) is 3.35. The Morgan fingerprint density at radius 1 is 1.33 bits per heavy atom. The molecule has 3 atom stereocenters. The zero-order chi connectivity index (χ0) is 13.3. The van der Waals surface area contributed by atoms with Crippen LogP contribution in [-0.2, 0) is 6.54 Å². The molecular formula is C15H23BrN2. The average Bonchev–Trinajstić information content (AvgIpc) is 2.30. The minimum atomic E-state index is 0.648. The van der Waals surface area contributed by atoms with Gasteiger partial charge in [0.25, 0.3) is 0 Å². The van der Waals surface area contributed by atoms with E-state index in [1.807, 2.05) is 12.1 Å². The number of nitrogens with two attached hydrogens (primary N) is 1. The Labute approximate surface area is 119 Å². The quantitative estimate of drug-likeness (QED) is 0.839. The monoisotopic (exact) mass is 310 g/mol. The minimum absolute atomic E-state index is 0.648. The van der Waals surface area contributed by atoms with Gasteiger partial charge in [-0.05, 0) is 48.9 Å². The number of hydrogen-bond acceptors (Lipinski definition) is 2. The lowest BCUT2D eigenvalue weighted by Crippen LogP contribution is -2.45. The van der Waals surface area contributed by atoms with E-state index in [2.05, 4.69) is 47.7 Å². The molecule has 1 aliphatic rings. The summed E-state index contributed by atoms with van der Waals surface area (Å²) in [5.74, 6) is 1.56. The number of nitrogen functional groups attached to an aromatic ring is 1. The average molecular weight is 311 g/mol. The molecule has 2 nitrogen and oxygen atoms in total. The van der Waals surface area contributed by atoms with E-state index in [1.165, 1.54) is 18.5 Å². The van der Waals surface area contributed by atoms with Crippen LogP contribution < -0.4 is 5.73 Å². The highest BCUT2D eigenvalue weighted by Crippen LogP contribution is 2.30. The summed E-state index contributed by atoms with van der Waals surface area (Å²) in [6, 6.07) is 6.72. The molecule has 0 saturated carbocycles. The van der Waals surface area contributed by atoms with Crippen LogP contribution in [0.1, 0.15) is 32.8 Å². The lowest BCUT2D eigenvalue weighted by Gasteiger charge is -2.41. The van der Waals surface area contributed by atoms with Crippen LogP contribution in [-0.4, -0.2) is 17.5 Å². The van der Waals surface area contributed by atoms with Gasteiger partial charge in [-0.15, -0.1) is 0 Å². The topological polar surface area (TPSA) is 29.3 Å². The molecule has 0 aliphatic carbocycles. The van der Waals surface area contributed by atoms with E-state index in [-0.39, 0.29) is 0 Å². The van der Waals surface area contributed by atoms with Crippen LogP contribution in [0.2, 0.25) is 0 Å². The molecule has 1 aromatic carbocycles. The molecular weight excluding hydrogens is 288 g/mol. The van der Waals surface area contributed by atoms with Crippen molar-refractivity contribution in [2.75, 3.05) is 12.3 Å². The summed E-state index contributed by atoms with van der Waals surface area (Å²) < 4.78 is 1.16. The van der Waals surface area contributed by atoms with Gasteiger partial charge in [0.2, 0.25) is 0 Å². The minimum Gasteiger partial charge on any atom is -0.399 e. The highest BCUT2D eigenvalue weighted by molar-refractivity contribution is 9.10. The van der Waals surface area contributed by atoms with Crippen LogP contribution in [0.4, 0.5) is 5.69 Å². The van der Waals surface area contributed by atoms with Crippen molar-refractivity contribution in [3.8, 4) is 0 Å². The van der Waals surface area contributed by atoms with E-state index in [9.17, 15) is 0 Å². The van der Waals surface area contributed by atoms with Crippen LogP contribution >= 0.6 is 15.9 Å². The van der Waals surface area contributed by atoms with Crippen molar-refractivity contribution in [3.63, 3.8) is 0 Å². The molecule has 0 amide bonds. The van der Waals surface area contributed by atoms with Crippen molar-refractivity contribution in [2.24, 2.45) is 11.8 Å². The Bertz CT molecular complexity index is 419. The SMILES string of the molecule is CC1CC(C)C(C)N(Cc2cc(N)ccc2Br)C1. The van der Waals surface area contributed by atoms with Gasteiger partial charge in [-0.3, -0.25) is 4.90 Å². The number of nitrogens with zero attached hydrogens (tertiary/aromatic N) is 1. The third-order valence-corrected chi connectivity index (χ3v) is 4.94. The molecule has 1 aromatic rings. The predicted octanol–water partition coefficient (Wildman–Crippen LogP) is 3.90. The molecule has 1 fully saturated rings. The number of hydrogen-bond donors (Lipinski definition) is 1. The van der Waals surface area contributed by atoms with Crippen molar-refractivity contribution < 1.29 is 0 Å². The number of likely N-dealkylation sites (tertiary alicyclic amines) is 1. The summed E-state index contributed by atoms with van der Waals surface area (Å²) >= 11 is 3.63. The van der Waals surface area contributed by atoms with E-state index in [1.54, 1.807) is 0 Å². The van der Waals surface area contributed by atoms with Gasteiger partial charge in [0.1, 0.15) is 0 Å². The van der Waals surface area contributed by atoms with Gasteiger partial charge in [0, 0.05) is 29.3 Å². The van der Waals surface area contributed by atoms with E-state index in [0.29, 0.717) is 6.04 Å². The molecule has 100 valence electrons. The van der Waals surface area contributed by atoms with Crippen LogP contribution in [0.15, 0.2) is 22.7 Å². The Morgan fingerprint density at radius 2 is 2.06 bits per heavy atom. The molecule has 1 saturated heterocycles. The van der Waals surface area contributed by atoms with Crippen molar-refractivity contribution >= 4 is 21.6 Å². The summed E-state index contributed by atoms with van der Waals surface area (Å²) in [5.41, 5.74) is 8.02. The van der Waals surface area contributed by atoms with Crippen LogP contribution in [0, 0.1) is 11.8 Å². The predicted molar refractivity (Wildman–Crippen MR) is 81.4 cm³/mol. The fourth-order valence-electron chi connectivity index (χ4n) is 2.98. The van der Waals surface area contributed by atoms with Crippen LogP contribution in [0.3, 0.4) is 0 Å². The van der Waals surface area contributed by atoms with Gasteiger partial charge in [-0.1, -0.05) is 29.8 Å². The van der Waals surface area contributed by atoms with Gasteiger partial charge in [-0.2, -0.15) is 0 Å². The molecule has 18 heavy (non-hydrogen) atoms. The normalized spacial score (nSPS) is 29.4. The van der Waals surface area contributed by atoms with Gasteiger partial charge in [-0.25, -0.2) is 0 Å². The smallest absolute Gasteiger partial charge is 0.0318 e. The van der Waals surface area contributed by atoms with E-state index < -0.39 is 0 Å². The number of benzene rings is 1. The maximum absolute atomic E-state index is 5.88. The molecule has 0 spiro atoms. The number of rotatable bonds is 2. The lowest BCUT2D eigenvalue weighted by molar-refractivity contribution is 0.0728. The highest BCUT2D eigenvalue weighted by Gasteiger charge is 2.28. The van der Waals surface area contributed by atoms with Crippen LogP contribution in [0.5, 0.6) is 0 Å². The maximum Gasteiger partial charge on any atom is 0.0318 e. The summed E-state index contributed by atoms with van der Waals surface area (Å²) in [6.45, 7) is 9.23. The molecule has 3 heteroatoms. The summed E-state index contributed by atoms with van der Waals surface area (Å²) in [5, 5.41) is 0. The van der Waals surface area contributed by atoms with Gasteiger partial charge < -0.3 is 5.73 Å². The molecule has 2 rings (SSSR count). The number of anilines is 1. The van der Waals surface area contributed by atoms with Crippen LogP contribution in [0.25, 0.3) is 0 Å². The summed E-state index contributed by atoms with van der Waals surface area (Å²) in [7, 11) is 0. The molecule has 0 radical (unpaired) electrons. The van der Waals surface area contributed by atoms with Crippen molar-refractivity contribution in [1.29, 1.82) is 0 Å². The highest BCUT2D eigenvalue weighted by atomic mass is 79.9. The first kappa shape index (κ1) is 13.9. The summed E-state index contributed by atoms with van der Waals surface area (Å²) in [6.07, 6.45) is 1.34. The van der Waals surface area contributed by atoms with Gasteiger partial charge in [0.15, 0.2) is 0 Å². The standard InChI is InChI=1S/C15H23BrN2/c1-10-6-11(2)12(3)18(8-10)9-13-7-14(17)4-5-15(13)16/h4-5,7,10-12H,6,8-9,17H2,1-3H3. The van der Waals surface area contributed by atoms with E-state index in [0.717, 1.165) is 28.5 Å². The number of piperidine rings is 1. The molecule has 1 heterocycles. The van der Waals surface area contributed by atoms with Crippen molar-refractivity contribution in [3.05, 3.63) is 28.2 Å². The molecule has 0 bridgehead atoms. The molecule has 3 unspecified atom stereocenters. The Hall–Kier alpha value is -0.540. The fraction of sp³-hybridized carbons (Fsp3) is 0.600.